The normalized spacial score (nSPS) is 12.1. The van der Waals surface area contributed by atoms with E-state index in [1.807, 2.05) is 36.4 Å². The molecule has 1 heterocycles. The summed E-state index contributed by atoms with van der Waals surface area (Å²) in [4.78, 5) is 15.2. The van der Waals surface area contributed by atoms with Crippen LogP contribution in [0.25, 0.3) is 0 Å². The van der Waals surface area contributed by atoms with Gasteiger partial charge in [-0.15, -0.1) is 0 Å². The van der Waals surface area contributed by atoms with Gasteiger partial charge in [0, 0.05) is 16.9 Å². The van der Waals surface area contributed by atoms with Gasteiger partial charge in [0.2, 0.25) is 0 Å². The van der Waals surface area contributed by atoms with Crippen LogP contribution in [0.2, 0.25) is 0 Å². The standard InChI is InChI=1S/C13H10BrNO/c14-12-5-1-3-10(7-12)13(9-16)11-4-2-6-15-8-11/h1-9,13H. The lowest BCUT2D eigenvalue weighted by Crippen LogP contribution is -2.02. The number of carbonyl (C=O) groups is 1. The minimum Gasteiger partial charge on any atom is -0.302 e. The molecule has 2 nitrogen and oxygen atoms in total. The molecule has 0 saturated carbocycles. The lowest BCUT2D eigenvalue weighted by Gasteiger charge is -2.10. The third-order valence-corrected chi connectivity index (χ3v) is 2.88. The van der Waals surface area contributed by atoms with Crippen molar-refractivity contribution in [2.75, 3.05) is 0 Å². The lowest BCUT2D eigenvalue weighted by atomic mass is 9.94. The first-order chi connectivity index (χ1) is 7.81. The van der Waals surface area contributed by atoms with Crippen molar-refractivity contribution in [2.45, 2.75) is 5.92 Å². The zero-order chi connectivity index (χ0) is 11.4. The number of hydrogen-bond acceptors (Lipinski definition) is 2. The first-order valence-electron chi connectivity index (χ1n) is 4.92. The van der Waals surface area contributed by atoms with Crippen molar-refractivity contribution in [2.24, 2.45) is 0 Å². The van der Waals surface area contributed by atoms with Crippen molar-refractivity contribution in [3.63, 3.8) is 0 Å². The molecule has 2 rings (SSSR count). The van der Waals surface area contributed by atoms with Gasteiger partial charge in [-0.05, 0) is 29.3 Å². The molecule has 1 aromatic carbocycles. The van der Waals surface area contributed by atoms with Crippen LogP contribution >= 0.6 is 15.9 Å². The van der Waals surface area contributed by atoms with E-state index < -0.39 is 0 Å². The Kier molecular flexibility index (Phi) is 3.47. The molecule has 0 saturated heterocycles. The van der Waals surface area contributed by atoms with Crippen LogP contribution in [0.3, 0.4) is 0 Å². The highest BCUT2D eigenvalue weighted by Crippen LogP contribution is 2.24. The Labute approximate surface area is 102 Å². The lowest BCUT2D eigenvalue weighted by molar-refractivity contribution is -0.108. The van der Waals surface area contributed by atoms with E-state index >= 15 is 0 Å². The van der Waals surface area contributed by atoms with E-state index in [1.165, 1.54) is 0 Å². The maximum atomic E-state index is 11.2. The summed E-state index contributed by atoms with van der Waals surface area (Å²) >= 11 is 3.40. The number of nitrogens with zero attached hydrogens (tertiary/aromatic N) is 1. The zero-order valence-corrected chi connectivity index (χ0v) is 10.1. The van der Waals surface area contributed by atoms with Crippen LogP contribution in [0.15, 0.2) is 53.3 Å². The summed E-state index contributed by atoms with van der Waals surface area (Å²) in [6.45, 7) is 0. The molecular weight excluding hydrogens is 266 g/mol. The molecule has 1 aromatic heterocycles. The molecule has 0 amide bonds. The predicted molar refractivity (Wildman–Crippen MR) is 66.3 cm³/mol. The summed E-state index contributed by atoms with van der Waals surface area (Å²) < 4.78 is 0.973. The zero-order valence-electron chi connectivity index (χ0n) is 8.51. The fraction of sp³-hybridized carbons (Fsp3) is 0.0769. The average molecular weight is 276 g/mol. The summed E-state index contributed by atoms with van der Waals surface area (Å²) in [6, 6.07) is 11.5. The van der Waals surface area contributed by atoms with E-state index in [0.29, 0.717) is 0 Å². The first-order valence-corrected chi connectivity index (χ1v) is 5.71. The maximum absolute atomic E-state index is 11.2. The molecule has 0 aliphatic rings. The number of aromatic nitrogens is 1. The molecule has 0 fully saturated rings. The third kappa shape index (κ3) is 2.36. The van der Waals surface area contributed by atoms with Gasteiger partial charge >= 0.3 is 0 Å². The summed E-state index contributed by atoms with van der Waals surface area (Å²) in [5.74, 6) is -0.244. The molecule has 1 unspecified atom stereocenters. The smallest absolute Gasteiger partial charge is 0.131 e. The van der Waals surface area contributed by atoms with Gasteiger partial charge in [0.1, 0.15) is 6.29 Å². The minimum atomic E-state index is -0.244. The van der Waals surface area contributed by atoms with Crippen LogP contribution in [0.5, 0.6) is 0 Å². The van der Waals surface area contributed by atoms with Crippen molar-refractivity contribution in [1.82, 2.24) is 4.98 Å². The number of halogens is 1. The van der Waals surface area contributed by atoms with Gasteiger partial charge in [-0.1, -0.05) is 34.1 Å². The molecule has 0 bridgehead atoms. The van der Waals surface area contributed by atoms with E-state index in [2.05, 4.69) is 20.9 Å². The number of rotatable bonds is 3. The monoisotopic (exact) mass is 275 g/mol. The van der Waals surface area contributed by atoms with Gasteiger partial charge < -0.3 is 4.79 Å². The van der Waals surface area contributed by atoms with Gasteiger partial charge in [-0.2, -0.15) is 0 Å². The summed E-state index contributed by atoms with van der Waals surface area (Å²) in [7, 11) is 0. The van der Waals surface area contributed by atoms with Gasteiger partial charge in [0.15, 0.2) is 0 Å². The van der Waals surface area contributed by atoms with Crippen molar-refractivity contribution in [1.29, 1.82) is 0 Å². The summed E-state index contributed by atoms with van der Waals surface area (Å²) in [5.41, 5.74) is 1.88. The average Bonchev–Trinajstić information content (AvgIpc) is 2.31. The van der Waals surface area contributed by atoms with Crippen molar-refractivity contribution in [3.05, 3.63) is 64.4 Å². The van der Waals surface area contributed by atoms with E-state index in [9.17, 15) is 4.79 Å². The SMILES string of the molecule is O=CC(c1cccnc1)c1cccc(Br)c1. The Morgan fingerprint density at radius 3 is 2.62 bits per heavy atom. The van der Waals surface area contributed by atoms with Crippen molar-refractivity contribution < 1.29 is 4.79 Å². The highest BCUT2D eigenvalue weighted by Gasteiger charge is 2.12. The second kappa shape index (κ2) is 5.03. The van der Waals surface area contributed by atoms with Crippen molar-refractivity contribution >= 4 is 22.2 Å². The Morgan fingerprint density at radius 2 is 2.00 bits per heavy atom. The first kappa shape index (κ1) is 11.0. The van der Waals surface area contributed by atoms with Gasteiger partial charge in [-0.25, -0.2) is 0 Å². The van der Waals surface area contributed by atoms with Gasteiger partial charge in [-0.3, -0.25) is 4.98 Å². The number of aldehydes is 1. The molecule has 2 aromatic rings. The molecule has 1 atom stereocenters. The maximum Gasteiger partial charge on any atom is 0.131 e. The van der Waals surface area contributed by atoms with Crippen LogP contribution < -0.4 is 0 Å². The fourth-order valence-corrected chi connectivity index (χ4v) is 2.03. The molecule has 0 radical (unpaired) electrons. The number of pyridine rings is 1. The van der Waals surface area contributed by atoms with Gasteiger partial charge in [0.25, 0.3) is 0 Å². The Hall–Kier alpha value is -1.48. The Morgan fingerprint density at radius 1 is 1.19 bits per heavy atom. The molecule has 0 aliphatic carbocycles. The molecule has 80 valence electrons. The van der Waals surface area contributed by atoms with E-state index in [1.54, 1.807) is 12.4 Å². The molecule has 0 N–H and O–H groups in total. The number of benzene rings is 1. The molecule has 3 heteroatoms. The molecule has 16 heavy (non-hydrogen) atoms. The largest absolute Gasteiger partial charge is 0.302 e. The van der Waals surface area contributed by atoms with Crippen LogP contribution in [0, 0.1) is 0 Å². The van der Waals surface area contributed by atoms with Crippen LogP contribution in [0.1, 0.15) is 17.0 Å². The molecule has 0 spiro atoms. The predicted octanol–water partition coefficient (Wildman–Crippen LogP) is 3.17. The van der Waals surface area contributed by atoms with E-state index in [4.69, 9.17) is 0 Å². The van der Waals surface area contributed by atoms with E-state index in [0.717, 1.165) is 21.9 Å². The number of hydrogen-bond donors (Lipinski definition) is 0. The Bertz CT molecular complexity index is 484. The fourth-order valence-electron chi connectivity index (χ4n) is 1.61. The topological polar surface area (TPSA) is 30.0 Å². The summed E-state index contributed by atoms with van der Waals surface area (Å²) in [6.07, 6.45) is 4.37. The second-order valence-corrected chi connectivity index (χ2v) is 4.37. The second-order valence-electron chi connectivity index (χ2n) is 3.46. The van der Waals surface area contributed by atoms with Crippen LogP contribution in [-0.4, -0.2) is 11.3 Å². The van der Waals surface area contributed by atoms with Gasteiger partial charge in [0.05, 0.1) is 5.92 Å². The summed E-state index contributed by atoms with van der Waals surface area (Å²) in [5, 5.41) is 0. The molecule has 0 aliphatic heterocycles. The highest BCUT2D eigenvalue weighted by molar-refractivity contribution is 9.10. The quantitative estimate of drug-likeness (QED) is 0.806. The highest BCUT2D eigenvalue weighted by atomic mass is 79.9. The Balaban J connectivity index is 2.41. The van der Waals surface area contributed by atoms with Crippen LogP contribution in [0.4, 0.5) is 0 Å². The number of carbonyl (C=O) groups excluding carboxylic acids is 1. The molecular formula is C13H10BrNO. The van der Waals surface area contributed by atoms with Crippen LogP contribution in [-0.2, 0) is 4.79 Å². The van der Waals surface area contributed by atoms with Crippen molar-refractivity contribution in [3.8, 4) is 0 Å². The minimum absolute atomic E-state index is 0.244. The van der Waals surface area contributed by atoms with E-state index in [-0.39, 0.29) is 5.92 Å². The third-order valence-electron chi connectivity index (χ3n) is 2.39.